The van der Waals surface area contributed by atoms with E-state index in [-0.39, 0.29) is 5.91 Å². The van der Waals surface area contributed by atoms with Crippen LogP contribution in [0.4, 0.5) is 4.39 Å². The fourth-order valence-corrected chi connectivity index (χ4v) is 4.34. The normalized spacial score (nSPS) is 15.2. The molecule has 1 amide bonds. The Morgan fingerprint density at radius 3 is 2.57 bits per heavy atom. The van der Waals surface area contributed by atoms with Crippen molar-refractivity contribution in [3.05, 3.63) is 70.9 Å². The van der Waals surface area contributed by atoms with E-state index in [9.17, 15) is 9.18 Å². The highest BCUT2D eigenvalue weighted by Gasteiger charge is 2.27. The molecule has 1 fully saturated rings. The number of likely N-dealkylation sites (tertiary alicyclic amines) is 1. The average Bonchev–Trinajstić information content (AvgIpc) is 3.18. The molecule has 0 atom stereocenters. The first-order valence-electron chi connectivity index (χ1n) is 10.3. The maximum atomic E-state index is 14.2. The third-order valence-electron chi connectivity index (χ3n) is 6.15. The van der Waals surface area contributed by atoms with Crippen LogP contribution in [0.1, 0.15) is 46.2 Å². The number of hydrogen-bond donors (Lipinski definition) is 1. The van der Waals surface area contributed by atoms with Gasteiger partial charge in [-0.2, -0.15) is 0 Å². The Bertz CT molecular complexity index is 1240. The third-order valence-corrected chi connectivity index (χ3v) is 6.15. The van der Waals surface area contributed by atoms with Gasteiger partial charge in [0.05, 0.1) is 22.5 Å². The van der Waals surface area contributed by atoms with Crippen molar-refractivity contribution in [1.82, 2.24) is 19.9 Å². The maximum absolute atomic E-state index is 14.2. The molecule has 1 aliphatic rings. The molecule has 30 heavy (non-hydrogen) atoms. The molecule has 0 spiro atoms. The first-order chi connectivity index (χ1) is 14.5. The molecule has 3 heterocycles. The van der Waals surface area contributed by atoms with Crippen LogP contribution in [-0.2, 0) is 0 Å². The molecule has 1 N–H and O–H groups in total. The van der Waals surface area contributed by atoms with Crippen molar-refractivity contribution < 1.29 is 9.18 Å². The van der Waals surface area contributed by atoms with E-state index in [4.69, 9.17) is 0 Å². The Hall–Kier alpha value is -3.28. The Kier molecular flexibility index (Phi) is 4.50. The molecule has 1 saturated heterocycles. The highest BCUT2D eigenvalue weighted by atomic mass is 19.1. The summed E-state index contributed by atoms with van der Waals surface area (Å²) in [6, 6.07) is 13.1. The van der Waals surface area contributed by atoms with Gasteiger partial charge in [0.15, 0.2) is 0 Å². The summed E-state index contributed by atoms with van der Waals surface area (Å²) in [5.41, 5.74) is 5.05. The van der Waals surface area contributed by atoms with Crippen molar-refractivity contribution in [1.29, 1.82) is 0 Å². The summed E-state index contributed by atoms with van der Waals surface area (Å²) in [5.74, 6) is -0.251. The summed E-state index contributed by atoms with van der Waals surface area (Å²) in [5, 5.41) is 1.21. The minimum atomic E-state index is -0.462. The molecule has 1 aliphatic heterocycles. The predicted molar refractivity (Wildman–Crippen MR) is 115 cm³/mol. The van der Waals surface area contributed by atoms with Gasteiger partial charge in [-0.25, -0.2) is 14.4 Å². The Morgan fingerprint density at radius 1 is 1.07 bits per heavy atom. The second-order valence-electron chi connectivity index (χ2n) is 8.09. The van der Waals surface area contributed by atoms with Gasteiger partial charge in [0.1, 0.15) is 11.3 Å². The van der Waals surface area contributed by atoms with Crippen LogP contribution in [0, 0.1) is 19.7 Å². The third kappa shape index (κ3) is 3.22. The van der Waals surface area contributed by atoms with E-state index in [0.29, 0.717) is 35.6 Å². The van der Waals surface area contributed by atoms with Gasteiger partial charge in [-0.15, -0.1) is 0 Å². The number of carbonyl (C=O) groups excluding carboxylic acids is 1. The second kappa shape index (κ2) is 7.20. The number of nitrogens with zero attached hydrogens (tertiary/aromatic N) is 3. The largest absolute Gasteiger partial charge is 0.358 e. The molecule has 0 unspecified atom stereocenters. The van der Waals surface area contributed by atoms with Crippen LogP contribution in [0.5, 0.6) is 0 Å². The minimum Gasteiger partial charge on any atom is -0.358 e. The van der Waals surface area contributed by atoms with E-state index in [2.05, 4.69) is 33.2 Å². The van der Waals surface area contributed by atoms with Gasteiger partial charge in [0.2, 0.25) is 0 Å². The molecule has 0 radical (unpaired) electrons. The van der Waals surface area contributed by atoms with Crippen molar-refractivity contribution in [2.75, 3.05) is 13.1 Å². The van der Waals surface area contributed by atoms with Crippen molar-refractivity contribution in [3.63, 3.8) is 0 Å². The number of aromatic nitrogens is 3. The van der Waals surface area contributed by atoms with Crippen LogP contribution in [0.3, 0.4) is 0 Å². The molecule has 5 rings (SSSR count). The predicted octanol–water partition coefficient (Wildman–Crippen LogP) is 4.89. The Balaban J connectivity index is 1.39. The van der Waals surface area contributed by atoms with Gasteiger partial charge in [-0.3, -0.25) is 4.79 Å². The lowest BCUT2D eigenvalue weighted by atomic mass is 9.93. The number of nitrogens with one attached hydrogen (secondary N) is 1. The summed E-state index contributed by atoms with van der Waals surface area (Å²) >= 11 is 0. The van der Waals surface area contributed by atoms with E-state index in [1.807, 2.05) is 30.9 Å². The number of halogens is 1. The quantitative estimate of drug-likeness (QED) is 0.519. The van der Waals surface area contributed by atoms with Gasteiger partial charge in [-0.05, 0) is 50.3 Å². The van der Waals surface area contributed by atoms with E-state index in [1.54, 1.807) is 0 Å². The van der Waals surface area contributed by atoms with Crippen molar-refractivity contribution in [2.45, 2.75) is 32.6 Å². The first kappa shape index (κ1) is 18.7. The molecule has 2 aromatic heterocycles. The van der Waals surface area contributed by atoms with E-state index >= 15 is 0 Å². The first-order valence-corrected chi connectivity index (χ1v) is 10.3. The van der Waals surface area contributed by atoms with Gasteiger partial charge in [-0.1, -0.05) is 18.2 Å². The lowest BCUT2D eigenvalue weighted by molar-refractivity contribution is 0.0713. The summed E-state index contributed by atoms with van der Waals surface area (Å²) in [6.07, 6.45) is 1.74. The number of para-hydroxylation sites is 1. The number of amides is 1. The fourth-order valence-electron chi connectivity index (χ4n) is 4.34. The van der Waals surface area contributed by atoms with Crippen LogP contribution in [0.2, 0.25) is 0 Å². The number of aryl methyl sites for hydroxylation is 2. The standard InChI is InChI=1S/C24H23FN4O/c1-14-15(2)27-23-19(12-18(25)13-22(23)26-14)24(30)29-9-7-16(8-10-29)21-11-17-5-3-4-6-20(17)28-21/h3-6,11-13,16,28H,7-10H2,1-2H3. The number of hydrogen-bond acceptors (Lipinski definition) is 3. The maximum Gasteiger partial charge on any atom is 0.256 e. The van der Waals surface area contributed by atoms with Gasteiger partial charge in [0.25, 0.3) is 5.91 Å². The molecule has 4 aromatic rings. The summed E-state index contributed by atoms with van der Waals surface area (Å²) in [4.78, 5) is 27.5. The zero-order chi connectivity index (χ0) is 20.8. The lowest BCUT2D eigenvalue weighted by Crippen LogP contribution is -2.38. The van der Waals surface area contributed by atoms with Crippen molar-refractivity contribution in [2.24, 2.45) is 0 Å². The average molecular weight is 402 g/mol. The molecule has 152 valence electrons. The molecular formula is C24H23FN4O. The molecule has 5 nitrogen and oxygen atoms in total. The number of carbonyl (C=O) groups is 1. The van der Waals surface area contributed by atoms with Gasteiger partial charge < -0.3 is 9.88 Å². The molecule has 2 aromatic carbocycles. The van der Waals surface area contributed by atoms with Crippen molar-refractivity contribution >= 4 is 27.8 Å². The van der Waals surface area contributed by atoms with E-state index in [1.165, 1.54) is 23.2 Å². The number of piperidine rings is 1. The van der Waals surface area contributed by atoms with Crippen LogP contribution < -0.4 is 0 Å². The zero-order valence-electron chi connectivity index (χ0n) is 17.1. The minimum absolute atomic E-state index is 0.174. The number of benzene rings is 2. The van der Waals surface area contributed by atoms with Gasteiger partial charge in [0, 0.05) is 36.3 Å². The lowest BCUT2D eigenvalue weighted by Gasteiger charge is -2.32. The Labute approximate surface area is 174 Å². The zero-order valence-corrected chi connectivity index (χ0v) is 17.1. The topological polar surface area (TPSA) is 61.9 Å². The number of aromatic amines is 1. The monoisotopic (exact) mass is 402 g/mol. The summed E-state index contributed by atoms with van der Waals surface area (Å²) in [7, 11) is 0. The molecule has 0 bridgehead atoms. The van der Waals surface area contributed by atoms with E-state index in [0.717, 1.165) is 29.7 Å². The second-order valence-corrected chi connectivity index (χ2v) is 8.09. The van der Waals surface area contributed by atoms with Crippen LogP contribution in [0.25, 0.3) is 21.9 Å². The molecule has 0 saturated carbocycles. The summed E-state index contributed by atoms with van der Waals surface area (Å²) < 4.78 is 14.2. The SMILES string of the molecule is Cc1nc2cc(F)cc(C(=O)N3CCC(c4cc5ccccc5[nH]4)CC3)c2nc1C. The van der Waals surface area contributed by atoms with Crippen LogP contribution in [-0.4, -0.2) is 38.8 Å². The molecule has 0 aliphatic carbocycles. The Morgan fingerprint density at radius 2 is 1.80 bits per heavy atom. The van der Waals surface area contributed by atoms with Crippen LogP contribution in [0.15, 0.2) is 42.5 Å². The fraction of sp³-hybridized carbons (Fsp3) is 0.292. The van der Waals surface area contributed by atoms with Gasteiger partial charge >= 0.3 is 0 Å². The van der Waals surface area contributed by atoms with E-state index < -0.39 is 5.82 Å². The molecular weight excluding hydrogens is 379 g/mol. The molecule has 6 heteroatoms. The van der Waals surface area contributed by atoms with Crippen LogP contribution >= 0.6 is 0 Å². The number of fused-ring (bicyclic) bond motifs is 2. The number of rotatable bonds is 2. The summed E-state index contributed by atoms with van der Waals surface area (Å²) in [6.45, 7) is 4.96. The highest BCUT2D eigenvalue weighted by molar-refractivity contribution is 6.04. The number of H-pyrrole nitrogens is 1. The smallest absolute Gasteiger partial charge is 0.256 e. The highest BCUT2D eigenvalue weighted by Crippen LogP contribution is 2.31. The van der Waals surface area contributed by atoms with Crippen molar-refractivity contribution in [3.8, 4) is 0 Å².